The second kappa shape index (κ2) is 7.36. The number of halogens is 1. The summed E-state index contributed by atoms with van der Waals surface area (Å²) in [7, 11) is 0. The first-order chi connectivity index (χ1) is 10.1. The third kappa shape index (κ3) is 4.67. The fraction of sp³-hybridized carbons (Fsp3) is 0.294. The number of rotatable bonds is 5. The fourth-order valence-corrected chi connectivity index (χ4v) is 2.61. The molecule has 0 unspecified atom stereocenters. The number of carbonyl (C=O) groups is 1. The van der Waals surface area contributed by atoms with Gasteiger partial charge in [0.15, 0.2) is 0 Å². The molecular weight excluding hydrogens is 328 g/mol. The predicted molar refractivity (Wildman–Crippen MR) is 88.5 cm³/mol. The van der Waals surface area contributed by atoms with Crippen molar-refractivity contribution in [2.45, 2.75) is 26.7 Å². The fourth-order valence-electron chi connectivity index (χ4n) is 2.25. The van der Waals surface area contributed by atoms with Crippen molar-refractivity contribution in [2.75, 3.05) is 6.54 Å². The molecule has 0 fully saturated rings. The Hall–Kier alpha value is -1.68. The topological polar surface area (TPSA) is 42.0 Å². The van der Waals surface area contributed by atoms with E-state index in [0.717, 1.165) is 17.3 Å². The second-order valence-electron chi connectivity index (χ2n) is 5.18. The zero-order chi connectivity index (χ0) is 15.2. The van der Waals surface area contributed by atoms with E-state index in [2.05, 4.69) is 58.3 Å². The standard InChI is InChI=1S/C17H19BrN2O/c1-12-5-6-14(13(2)8-12)4-3-7-20-17(21)15-9-16(18)11-19-10-15/h5-6,8-11H,3-4,7H2,1-2H3,(H,20,21). The van der Waals surface area contributed by atoms with Crippen molar-refractivity contribution < 1.29 is 4.79 Å². The second-order valence-corrected chi connectivity index (χ2v) is 6.10. The summed E-state index contributed by atoms with van der Waals surface area (Å²) in [6.07, 6.45) is 5.14. The summed E-state index contributed by atoms with van der Waals surface area (Å²) in [4.78, 5) is 15.9. The molecule has 4 heteroatoms. The smallest absolute Gasteiger partial charge is 0.252 e. The van der Waals surface area contributed by atoms with Gasteiger partial charge in [-0.05, 0) is 59.8 Å². The van der Waals surface area contributed by atoms with E-state index in [1.807, 2.05) is 0 Å². The van der Waals surface area contributed by atoms with Crippen LogP contribution in [0.2, 0.25) is 0 Å². The molecule has 0 bridgehead atoms. The van der Waals surface area contributed by atoms with Crippen molar-refractivity contribution in [3.8, 4) is 0 Å². The third-order valence-corrected chi connectivity index (χ3v) is 3.81. The average Bonchev–Trinajstić information content (AvgIpc) is 2.45. The monoisotopic (exact) mass is 346 g/mol. The summed E-state index contributed by atoms with van der Waals surface area (Å²) < 4.78 is 0.811. The molecule has 110 valence electrons. The van der Waals surface area contributed by atoms with E-state index in [0.29, 0.717) is 12.1 Å². The number of hydrogen-bond acceptors (Lipinski definition) is 2. The molecule has 0 spiro atoms. The first-order valence-electron chi connectivity index (χ1n) is 7.01. The lowest BCUT2D eigenvalue weighted by molar-refractivity contribution is 0.0953. The summed E-state index contributed by atoms with van der Waals surface area (Å²) >= 11 is 3.31. The van der Waals surface area contributed by atoms with Crippen LogP contribution in [0.15, 0.2) is 41.1 Å². The molecule has 0 saturated heterocycles. The summed E-state index contributed by atoms with van der Waals surface area (Å²) in [6, 6.07) is 8.27. The van der Waals surface area contributed by atoms with Gasteiger partial charge in [-0.1, -0.05) is 23.8 Å². The van der Waals surface area contributed by atoms with Crippen LogP contribution in [-0.2, 0) is 6.42 Å². The first kappa shape index (κ1) is 15.7. The van der Waals surface area contributed by atoms with Crippen molar-refractivity contribution >= 4 is 21.8 Å². The lowest BCUT2D eigenvalue weighted by atomic mass is 10.0. The highest BCUT2D eigenvalue weighted by atomic mass is 79.9. The molecular formula is C17H19BrN2O. The summed E-state index contributed by atoms with van der Waals surface area (Å²) in [6.45, 7) is 4.90. The van der Waals surface area contributed by atoms with E-state index in [-0.39, 0.29) is 5.91 Å². The van der Waals surface area contributed by atoms with Crippen LogP contribution in [0.4, 0.5) is 0 Å². The van der Waals surface area contributed by atoms with E-state index < -0.39 is 0 Å². The van der Waals surface area contributed by atoms with E-state index in [1.165, 1.54) is 16.7 Å². The Kier molecular flexibility index (Phi) is 5.51. The molecule has 2 aromatic rings. The maximum absolute atomic E-state index is 11.9. The Balaban J connectivity index is 1.80. The molecule has 0 aliphatic rings. The molecule has 3 nitrogen and oxygen atoms in total. The molecule has 0 saturated carbocycles. The summed E-state index contributed by atoms with van der Waals surface area (Å²) in [5.74, 6) is -0.0792. The zero-order valence-electron chi connectivity index (χ0n) is 12.3. The molecule has 1 aromatic heterocycles. The number of amides is 1. The number of benzene rings is 1. The Morgan fingerprint density at radius 3 is 2.76 bits per heavy atom. The van der Waals surface area contributed by atoms with Crippen LogP contribution >= 0.6 is 15.9 Å². The number of carbonyl (C=O) groups excluding carboxylic acids is 1. The highest BCUT2D eigenvalue weighted by Crippen LogP contribution is 2.12. The van der Waals surface area contributed by atoms with Crippen molar-refractivity contribution in [3.05, 3.63) is 63.4 Å². The van der Waals surface area contributed by atoms with Crippen LogP contribution in [0.1, 0.15) is 33.5 Å². The quantitative estimate of drug-likeness (QED) is 0.836. The van der Waals surface area contributed by atoms with Gasteiger partial charge in [0.1, 0.15) is 0 Å². The SMILES string of the molecule is Cc1ccc(CCCNC(=O)c2cncc(Br)c2)c(C)c1. The molecule has 1 amide bonds. The first-order valence-corrected chi connectivity index (χ1v) is 7.80. The number of aryl methyl sites for hydroxylation is 3. The Bertz CT molecular complexity index is 640. The Morgan fingerprint density at radius 1 is 1.24 bits per heavy atom. The van der Waals surface area contributed by atoms with E-state index in [4.69, 9.17) is 0 Å². The number of nitrogens with zero attached hydrogens (tertiary/aromatic N) is 1. The average molecular weight is 347 g/mol. The minimum atomic E-state index is -0.0792. The molecule has 2 rings (SSSR count). The molecule has 0 aliphatic heterocycles. The van der Waals surface area contributed by atoms with Gasteiger partial charge in [0.2, 0.25) is 0 Å². The Labute approximate surface area is 133 Å². The lowest BCUT2D eigenvalue weighted by Crippen LogP contribution is -2.24. The molecule has 0 aliphatic carbocycles. The maximum atomic E-state index is 11.9. The van der Waals surface area contributed by atoms with Crippen molar-refractivity contribution in [2.24, 2.45) is 0 Å². The van der Waals surface area contributed by atoms with Crippen LogP contribution < -0.4 is 5.32 Å². The molecule has 0 radical (unpaired) electrons. The van der Waals surface area contributed by atoms with E-state index in [9.17, 15) is 4.79 Å². The van der Waals surface area contributed by atoms with Gasteiger partial charge in [-0.3, -0.25) is 9.78 Å². The van der Waals surface area contributed by atoms with Gasteiger partial charge < -0.3 is 5.32 Å². The van der Waals surface area contributed by atoms with Crippen molar-refractivity contribution in [3.63, 3.8) is 0 Å². The lowest BCUT2D eigenvalue weighted by Gasteiger charge is -2.08. The van der Waals surface area contributed by atoms with Crippen LogP contribution in [0, 0.1) is 13.8 Å². The summed E-state index contributed by atoms with van der Waals surface area (Å²) in [5.41, 5.74) is 4.53. The number of hydrogen-bond donors (Lipinski definition) is 1. The molecule has 0 atom stereocenters. The van der Waals surface area contributed by atoms with Crippen molar-refractivity contribution in [1.29, 1.82) is 0 Å². The van der Waals surface area contributed by atoms with Crippen LogP contribution in [0.5, 0.6) is 0 Å². The summed E-state index contributed by atoms with van der Waals surface area (Å²) in [5, 5.41) is 2.93. The highest BCUT2D eigenvalue weighted by molar-refractivity contribution is 9.10. The van der Waals surface area contributed by atoms with Gasteiger partial charge in [0.05, 0.1) is 5.56 Å². The van der Waals surface area contributed by atoms with Gasteiger partial charge in [-0.2, -0.15) is 0 Å². The van der Waals surface area contributed by atoms with E-state index >= 15 is 0 Å². The van der Waals surface area contributed by atoms with Gasteiger partial charge in [-0.15, -0.1) is 0 Å². The molecule has 1 N–H and O–H groups in total. The number of pyridine rings is 1. The van der Waals surface area contributed by atoms with Crippen LogP contribution in [0.3, 0.4) is 0 Å². The van der Waals surface area contributed by atoms with Crippen LogP contribution in [-0.4, -0.2) is 17.4 Å². The predicted octanol–water partition coefficient (Wildman–Crippen LogP) is 3.82. The molecule has 1 aromatic carbocycles. The zero-order valence-corrected chi connectivity index (χ0v) is 13.9. The molecule has 1 heterocycles. The molecule has 21 heavy (non-hydrogen) atoms. The minimum Gasteiger partial charge on any atom is -0.352 e. The third-order valence-electron chi connectivity index (χ3n) is 3.37. The van der Waals surface area contributed by atoms with Gasteiger partial charge in [0.25, 0.3) is 5.91 Å². The van der Waals surface area contributed by atoms with Gasteiger partial charge >= 0.3 is 0 Å². The maximum Gasteiger partial charge on any atom is 0.252 e. The number of aromatic nitrogens is 1. The Morgan fingerprint density at radius 2 is 2.05 bits per heavy atom. The minimum absolute atomic E-state index is 0.0792. The van der Waals surface area contributed by atoms with Gasteiger partial charge in [-0.25, -0.2) is 0 Å². The van der Waals surface area contributed by atoms with Gasteiger partial charge in [0, 0.05) is 23.4 Å². The number of nitrogens with one attached hydrogen (secondary N) is 1. The largest absolute Gasteiger partial charge is 0.352 e. The van der Waals surface area contributed by atoms with E-state index in [1.54, 1.807) is 18.5 Å². The highest BCUT2D eigenvalue weighted by Gasteiger charge is 2.06. The normalized spacial score (nSPS) is 10.4. The van der Waals surface area contributed by atoms with Crippen molar-refractivity contribution in [1.82, 2.24) is 10.3 Å². The van der Waals surface area contributed by atoms with Crippen LogP contribution in [0.25, 0.3) is 0 Å².